The molecule has 1 rings (SSSR count). The van der Waals surface area contributed by atoms with Gasteiger partial charge in [0.25, 0.3) is 0 Å². The minimum Gasteiger partial charge on any atom is -0.435 e. The second-order valence-electron chi connectivity index (χ2n) is 3.52. The van der Waals surface area contributed by atoms with Crippen molar-refractivity contribution in [3.05, 3.63) is 35.9 Å². The van der Waals surface area contributed by atoms with Gasteiger partial charge in [0.1, 0.15) is 0 Å². The molecule has 0 aromatic heterocycles. The van der Waals surface area contributed by atoms with E-state index in [1.165, 1.54) is 0 Å². The summed E-state index contributed by atoms with van der Waals surface area (Å²) in [5, 5.41) is 0. The number of hydrogen-bond donors (Lipinski definition) is 0. The van der Waals surface area contributed by atoms with Gasteiger partial charge in [-0.05, 0) is 25.0 Å². The number of carbonyl (C=O) groups is 1. The Bertz CT molecular complexity index is 304. The van der Waals surface area contributed by atoms with Crippen molar-refractivity contribution in [3.63, 3.8) is 0 Å². The van der Waals surface area contributed by atoms with Crippen molar-refractivity contribution >= 4 is 5.97 Å². The van der Waals surface area contributed by atoms with E-state index in [1.54, 1.807) is 24.3 Å². The highest BCUT2D eigenvalue weighted by atomic mass is 16.7. The molecule has 1 aromatic carbocycles. The lowest BCUT2D eigenvalue weighted by Gasteiger charge is -2.13. The summed E-state index contributed by atoms with van der Waals surface area (Å²) in [6.07, 6.45) is 2.03. The standard InChI is InChI=1S/C13H18O3/c1-3-12(4-2)15-10-16-13(14)11-8-6-5-7-9-11/h5-9,12H,3-4,10H2,1-2H3. The average Bonchev–Trinajstić information content (AvgIpc) is 2.35. The molecule has 0 fully saturated rings. The second-order valence-corrected chi connectivity index (χ2v) is 3.52. The van der Waals surface area contributed by atoms with Crippen molar-refractivity contribution in [2.45, 2.75) is 32.8 Å². The zero-order chi connectivity index (χ0) is 11.8. The summed E-state index contributed by atoms with van der Waals surface area (Å²) in [4.78, 5) is 11.5. The summed E-state index contributed by atoms with van der Waals surface area (Å²) in [5.74, 6) is -0.341. The third-order valence-corrected chi connectivity index (χ3v) is 2.41. The molecule has 0 aliphatic carbocycles. The first-order valence-electron chi connectivity index (χ1n) is 5.61. The van der Waals surface area contributed by atoms with E-state index in [0.717, 1.165) is 12.8 Å². The molecule has 0 bridgehead atoms. The first-order valence-corrected chi connectivity index (χ1v) is 5.61. The lowest BCUT2D eigenvalue weighted by Crippen LogP contribution is -2.15. The number of rotatable bonds is 6. The molecule has 0 N–H and O–H groups in total. The maximum atomic E-state index is 11.5. The highest BCUT2D eigenvalue weighted by Crippen LogP contribution is 2.05. The van der Waals surface area contributed by atoms with Gasteiger partial charge in [0.2, 0.25) is 0 Å². The fourth-order valence-electron chi connectivity index (χ4n) is 1.37. The Morgan fingerprint density at radius 1 is 1.19 bits per heavy atom. The van der Waals surface area contributed by atoms with Crippen LogP contribution in [0.15, 0.2) is 30.3 Å². The molecule has 0 unspecified atom stereocenters. The highest BCUT2D eigenvalue weighted by molar-refractivity contribution is 5.89. The lowest BCUT2D eigenvalue weighted by molar-refractivity contribution is -0.0671. The van der Waals surface area contributed by atoms with Gasteiger partial charge in [-0.1, -0.05) is 32.0 Å². The molecule has 0 radical (unpaired) electrons. The molecular formula is C13H18O3. The zero-order valence-corrected chi connectivity index (χ0v) is 9.81. The third-order valence-electron chi connectivity index (χ3n) is 2.41. The van der Waals surface area contributed by atoms with Crippen molar-refractivity contribution in [1.82, 2.24) is 0 Å². The van der Waals surface area contributed by atoms with E-state index in [-0.39, 0.29) is 18.9 Å². The van der Waals surface area contributed by atoms with Crippen LogP contribution in [0.3, 0.4) is 0 Å². The zero-order valence-electron chi connectivity index (χ0n) is 9.81. The second kappa shape index (κ2) is 7.01. The van der Waals surface area contributed by atoms with Crippen LogP contribution in [-0.4, -0.2) is 18.9 Å². The SMILES string of the molecule is CCC(CC)OCOC(=O)c1ccccc1. The molecule has 0 saturated carbocycles. The van der Waals surface area contributed by atoms with Crippen LogP contribution in [0.4, 0.5) is 0 Å². The minimum atomic E-state index is -0.341. The Morgan fingerprint density at radius 3 is 2.38 bits per heavy atom. The fourth-order valence-corrected chi connectivity index (χ4v) is 1.37. The maximum absolute atomic E-state index is 11.5. The Morgan fingerprint density at radius 2 is 1.81 bits per heavy atom. The average molecular weight is 222 g/mol. The van der Waals surface area contributed by atoms with Crippen LogP contribution in [0, 0.1) is 0 Å². The van der Waals surface area contributed by atoms with E-state index >= 15 is 0 Å². The molecule has 0 saturated heterocycles. The highest BCUT2D eigenvalue weighted by Gasteiger charge is 2.07. The monoisotopic (exact) mass is 222 g/mol. The number of benzene rings is 1. The van der Waals surface area contributed by atoms with Crippen LogP contribution in [0.5, 0.6) is 0 Å². The van der Waals surface area contributed by atoms with E-state index in [4.69, 9.17) is 9.47 Å². The summed E-state index contributed by atoms with van der Waals surface area (Å²) in [6, 6.07) is 8.91. The van der Waals surface area contributed by atoms with Gasteiger partial charge in [-0.2, -0.15) is 0 Å². The normalized spacial score (nSPS) is 10.4. The molecule has 0 heterocycles. The lowest BCUT2D eigenvalue weighted by atomic mass is 10.2. The van der Waals surface area contributed by atoms with E-state index in [2.05, 4.69) is 0 Å². The van der Waals surface area contributed by atoms with Crippen LogP contribution >= 0.6 is 0 Å². The Hall–Kier alpha value is -1.35. The predicted octanol–water partition coefficient (Wildman–Crippen LogP) is 3.01. The number of hydrogen-bond acceptors (Lipinski definition) is 3. The Labute approximate surface area is 96.4 Å². The van der Waals surface area contributed by atoms with Crippen molar-refractivity contribution < 1.29 is 14.3 Å². The molecule has 0 atom stereocenters. The van der Waals surface area contributed by atoms with Gasteiger partial charge in [-0.15, -0.1) is 0 Å². The van der Waals surface area contributed by atoms with E-state index in [1.807, 2.05) is 19.9 Å². The van der Waals surface area contributed by atoms with Crippen LogP contribution in [0.25, 0.3) is 0 Å². The first kappa shape index (κ1) is 12.7. The molecule has 0 spiro atoms. The summed E-state index contributed by atoms with van der Waals surface area (Å²) in [6.45, 7) is 4.13. The summed E-state index contributed by atoms with van der Waals surface area (Å²) in [5.41, 5.74) is 0.552. The van der Waals surface area contributed by atoms with Crippen molar-refractivity contribution in [2.75, 3.05) is 6.79 Å². The molecule has 3 heteroatoms. The molecule has 1 aromatic rings. The van der Waals surface area contributed by atoms with Crippen molar-refractivity contribution in [2.24, 2.45) is 0 Å². The Balaban J connectivity index is 2.31. The molecule has 0 aliphatic heterocycles. The predicted molar refractivity (Wildman–Crippen MR) is 62.2 cm³/mol. The van der Waals surface area contributed by atoms with Crippen molar-refractivity contribution in [1.29, 1.82) is 0 Å². The van der Waals surface area contributed by atoms with Gasteiger partial charge in [-0.25, -0.2) is 4.79 Å². The van der Waals surface area contributed by atoms with Crippen LogP contribution in [0.1, 0.15) is 37.0 Å². The van der Waals surface area contributed by atoms with E-state index in [9.17, 15) is 4.79 Å². The van der Waals surface area contributed by atoms with Gasteiger partial charge in [-0.3, -0.25) is 0 Å². The van der Waals surface area contributed by atoms with E-state index < -0.39 is 0 Å². The summed E-state index contributed by atoms with van der Waals surface area (Å²) < 4.78 is 10.4. The topological polar surface area (TPSA) is 35.5 Å². The van der Waals surface area contributed by atoms with E-state index in [0.29, 0.717) is 5.56 Å². The van der Waals surface area contributed by atoms with Gasteiger partial charge < -0.3 is 9.47 Å². The molecule has 88 valence electrons. The van der Waals surface area contributed by atoms with Gasteiger partial charge in [0.15, 0.2) is 6.79 Å². The summed E-state index contributed by atoms with van der Waals surface area (Å²) >= 11 is 0. The number of esters is 1. The van der Waals surface area contributed by atoms with Crippen LogP contribution in [0.2, 0.25) is 0 Å². The molecule has 0 amide bonds. The molecule has 16 heavy (non-hydrogen) atoms. The largest absolute Gasteiger partial charge is 0.435 e. The van der Waals surface area contributed by atoms with Crippen LogP contribution < -0.4 is 0 Å². The minimum absolute atomic E-state index is 0.0279. The maximum Gasteiger partial charge on any atom is 0.340 e. The van der Waals surface area contributed by atoms with Crippen molar-refractivity contribution in [3.8, 4) is 0 Å². The third kappa shape index (κ3) is 4.03. The van der Waals surface area contributed by atoms with Gasteiger partial charge >= 0.3 is 5.97 Å². The quantitative estimate of drug-likeness (QED) is 0.548. The number of ether oxygens (including phenoxy) is 2. The fraction of sp³-hybridized carbons (Fsp3) is 0.462. The number of carbonyl (C=O) groups excluding carboxylic acids is 1. The molecule has 0 aliphatic rings. The molecular weight excluding hydrogens is 204 g/mol. The molecule has 3 nitrogen and oxygen atoms in total. The van der Waals surface area contributed by atoms with Gasteiger partial charge in [0, 0.05) is 0 Å². The smallest absolute Gasteiger partial charge is 0.340 e. The summed E-state index contributed by atoms with van der Waals surface area (Å²) in [7, 11) is 0. The Kier molecular flexibility index (Phi) is 5.57. The first-order chi connectivity index (χ1) is 7.77. The van der Waals surface area contributed by atoms with Gasteiger partial charge in [0.05, 0.1) is 11.7 Å². The van der Waals surface area contributed by atoms with Crippen LogP contribution in [-0.2, 0) is 9.47 Å².